The zero-order valence-corrected chi connectivity index (χ0v) is 18.1. The summed E-state index contributed by atoms with van der Waals surface area (Å²) in [5, 5.41) is 3.13. The molecular weight excluding hydrogens is 350 g/mol. The van der Waals surface area contributed by atoms with Crippen molar-refractivity contribution in [1.29, 1.82) is 0 Å². The van der Waals surface area contributed by atoms with E-state index in [4.69, 9.17) is 9.47 Å². The number of ether oxygens (including phenoxy) is 2. The molecule has 152 valence electrons. The Bertz CT molecular complexity index is 813. The van der Waals surface area contributed by atoms with E-state index in [2.05, 4.69) is 31.3 Å². The maximum absolute atomic E-state index is 12.9. The van der Waals surface area contributed by atoms with Crippen molar-refractivity contribution in [3.63, 3.8) is 0 Å². The van der Waals surface area contributed by atoms with Crippen LogP contribution in [0.2, 0.25) is 0 Å². The molecule has 1 N–H and O–H groups in total. The first-order valence-electron chi connectivity index (χ1n) is 9.99. The summed E-state index contributed by atoms with van der Waals surface area (Å²) in [5.74, 6) is 1.88. The summed E-state index contributed by atoms with van der Waals surface area (Å²) in [7, 11) is 1.69. The summed E-state index contributed by atoms with van der Waals surface area (Å²) in [6.45, 7) is 12.3. The average molecular weight is 384 g/mol. The molecule has 0 saturated heterocycles. The van der Waals surface area contributed by atoms with Gasteiger partial charge in [-0.2, -0.15) is 0 Å². The topological polar surface area (TPSA) is 47.6 Å². The van der Waals surface area contributed by atoms with Crippen LogP contribution in [-0.2, 0) is 4.79 Å². The van der Waals surface area contributed by atoms with E-state index in [1.54, 1.807) is 7.11 Å². The number of carbonyl (C=O) groups is 1. The summed E-state index contributed by atoms with van der Waals surface area (Å²) in [4.78, 5) is 12.9. The van der Waals surface area contributed by atoms with Crippen molar-refractivity contribution in [1.82, 2.24) is 5.32 Å². The van der Waals surface area contributed by atoms with Crippen molar-refractivity contribution < 1.29 is 14.3 Å². The number of hydrogen-bond acceptors (Lipinski definition) is 3. The van der Waals surface area contributed by atoms with Crippen LogP contribution in [0.25, 0.3) is 0 Å². The van der Waals surface area contributed by atoms with Gasteiger partial charge in [0.15, 0.2) is 6.10 Å². The highest BCUT2D eigenvalue weighted by atomic mass is 16.5. The molecule has 4 heteroatoms. The molecule has 0 radical (unpaired) electrons. The number of para-hydroxylation sites is 1. The zero-order valence-electron chi connectivity index (χ0n) is 18.1. The fourth-order valence-electron chi connectivity index (χ4n) is 3.36. The molecule has 2 atom stereocenters. The van der Waals surface area contributed by atoms with E-state index < -0.39 is 6.10 Å². The van der Waals surface area contributed by atoms with Crippen LogP contribution in [0.1, 0.15) is 68.3 Å². The highest BCUT2D eigenvalue weighted by Crippen LogP contribution is 2.32. The third-order valence-corrected chi connectivity index (χ3v) is 5.09. The molecule has 0 aliphatic carbocycles. The number of amides is 1. The second kappa shape index (κ2) is 9.63. The first-order chi connectivity index (χ1) is 13.3. The third kappa shape index (κ3) is 5.06. The first kappa shape index (κ1) is 21.8. The lowest BCUT2D eigenvalue weighted by atomic mass is 9.93. The van der Waals surface area contributed by atoms with Gasteiger partial charge in [0.2, 0.25) is 0 Å². The molecule has 4 nitrogen and oxygen atoms in total. The van der Waals surface area contributed by atoms with E-state index in [0.29, 0.717) is 12.3 Å². The quantitative estimate of drug-likeness (QED) is 0.657. The van der Waals surface area contributed by atoms with Gasteiger partial charge in [0, 0.05) is 0 Å². The average Bonchev–Trinajstić information content (AvgIpc) is 2.66. The molecule has 0 aliphatic rings. The van der Waals surface area contributed by atoms with Gasteiger partial charge >= 0.3 is 0 Å². The Morgan fingerprint density at radius 1 is 1.00 bits per heavy atom. The fourth-order valence-corrected chi connectivity index (χ4v) is 3.36. The van der Waals surface area contributed by atoms with Crippen molar-refractivity contribution >= 4 is 5.91 Å². The maximum Gasteiger partial charge on any atom is 0.261 e. The molecule has 2 aromatic carbocycles. The van der Waals surface area contributed by atoms with Gasteiger partial charge in [-0.1, -0.05) is 39.0 Å². The fraction of sp³-hybridized carbons (Fsp3) is 0.458. The molecule has 0 aromatic heterocycles. The molecule has 0 heterocycles. The van der Waals surface area contributed by atoms with Gasteiger partial charge in [-0.15, -0.1) is 0 Å². The molecule has 0 unspecified atom stereocenters. The second-order valence-electron chi connectivity index (χ2n) is 7.62. The Balaban J connectivity index is 2.18. The van der Waals surface area contributed by atoms with Crippen LogP contribution < -0.4 is 14.8 Å². The number of rotatable bonds is 8. The van der Waals surface area contributed by atoms with Gasteiger partial charge < -0.3 is 14.8 Å². The minimum atomic E-state index is -0.522. The first-order valence-corrected chi connectivity index (χ1v) is 9.99. The summed E-state index contributed by atoms with van der Waals surface area (Å²) in [6, 6.07) is 11.8. The van der Waals surface area contributed by atoms with Gasteiger partial charge in [-0.05, 0) is 73.6 Å². The molecule has 0 aliphatic heterocycles. The summed E-state index contributed by atoms with van der Waals surface area (Å²) >= 11 is 0. The molecule has 0 spiro atoms. The SMILES string of the molecule is CC[C@@H](Oc1ccccc1C)C(=O)N[C@H](C)c1cc(C(C)C)c(OC)cc1C. The molecule has 0 saturated carbocycles. The van der Waals surface area contributed by atoms with E-state index in [0.717, 1.165) is 33.8 Å². The Morgan fingerprint density at radius 3 is 2.25 bits per heavy atom. The van der Waals surface area contributed by atoms with Gasteiger partial charge in [0.1, 0.15) is 11.5 Å². The van der Waals surface area contributed by atoms with Gasteiger partial charge in [-0.25, -0.2) is 0 Å². The van der Waals surface area contributed by atoms with Crippen molar-refractivity contribution in [3.05, 3.63) is 58.7 Å². The molecule has 0 fully saturated rings. The van der Waals surface area contributed by atoms with Crippen LogP contribution in [0, 0.1) is 13.8 Å². The molecule has 28 heavy (non-hydrogen) atoms. The largest absolute Gasteiger partial charge is 0.496 e. The summed E-state index contributed by atoms with van der Waals surface area (Å²) < 4.78 is 11.5. The number of benzene rings is 2. The molecule has 2 aromatic rings. The van der Waals surface area contributed by atoms with E-state index in [9.17, 15) is 4.79 Å². The van der Waals surface area contributed by atoms with E-state index in [1.165, 1.54) is 0 Å². The molecule has 0 bridgehead atoms. The van der Waals surface area contributed by atoms with Crippen LogP contribution in [0.3, 0.4) is 0 Å². The lowest BCUT2D eigenvalue weighted by molar-refractivity contribution is -0.128. The highest BCUT2D eigenvalue weighted by molar-refractivity contribution is 5.81. The number of aryl methyl sites for hydroxylation is 2. The second-order valence-corrected chi connectivity index (χ2v) is 7.62. The lowest BCUT2D eigenvalue weighted by Gasteiger charge is -2.24. The van der Waals surface area contributed by atoms with E-state index >= 15 is 0 Å². The normalized spacial score (nSPS) is 13.1. The van der Waals surface area contributed by atoms with Gasteiger partial charge in [0.05, 0.1) is 13.2 Å². The Morgan fingerprint density at radius 2 is 1.68 bits per heavy atom. The van der Waals surface area contributed by atoms with Crippen molar-refractivity contribution in [3.8, 4) is 11.5 Å². The van der Waals surface area contributed by atoms with Crippen molar-refractivity contribution in [2.45, 2.75) is 66.0 Å². The van der Waals surface area contributed by atoms with Crippen molar-refractivity contribution in [2.75, 3.05) is 7.11 Å². The molecular formula is C24H33NO3. The lowest BCUT2D eigenvalue weighted by Crippen LogP contribution is -2.39. The predicted octanol–water partition coefficient (Wildman–Crippen LogP) is 5.47. The van der Waals surface area contributed by atoms with Gasteiger partial charge in [0.25, 0.3) is 5.91 Å². The Kier molecular flexibility index (Phi) is 7.50. The minimum absolute atomic E-state index is 0.0976. The van der Waals surface area contributed by atoms with Crippen LogP contribution in [0.15, 0.2) is 36.4 Å². The van der Waals surface area contributed by atoms with Crippen molar-refractivity contribution in [2.24, 2.45) is 0 Å². The summed E-state index contributed by atoms with van der Waals surface area (Å²) in [6.07, 6.45) is 0.0813. The predicted molar refractivity (Wildman–Crippen MR) is 114 cm³/mol. The smallest absolute Gasteiger partial charge is 0.261 e. The Labute approximate surface area is 169 Å². The Hall–Kier alpha value is -2.49. The number of methoxy groups -OCH3 is 1. The standard InChI is InChI=1S/C24H33NO3/c1-8-21(28-22-12-10-9-11-16(22)4)24(26)25-18(6)20-14-19(15(2)3)23(27-7)13-17(20)5/h9-15,18,21H,8H2,1-7H3,(H,25,26)/t18-,21-/m1/s1. The van der Waals surface area contributed by atoms with Crippen LogP contribution >= 0.6 is 0 Å². The minimum Gasteiger partial charge on any atom is -0.496 e. The molecule has 1 amide bonds. The van der Waals surface area contributed by atoms with Crippen LogP contribution in [0.5, 0.6) is 11.5 Å². The van der Waals surface area contributed by atoms with E-state index in [-0.39, 0.29) is 11.9 Å². The number of carbonyl (C=O) groups excluding carboxylic acids is 1. The maximum atomic E-state index is 12.9. The third-order valence-electron chi connectivity index (χ3n) is 5.09. The van der Waals surface area contributed by atoms with Gasteiger partial charge in [-0.3, -0.25) is 4.79 Å². The zero-order chi connectivity index (χ0) is 20.8. The van der Waals surface area contributed by atoms with E-state index in [1.807, 2.05) is 52.0 Å². The van der Waals surface area contributed by atoms with Crippen LogP contribution in [-0.4, -0.2) is 19.1 Å². The number of nitrogens with one attached hydrogen (secondary N) is 1. The molecule has 2 rings (SSSR count). The summed E-state index contributed by atoms with van der Waals surface area (Å²) in [5.41, 5.74) is 4.37. The number of hydrogen-bond donors (Lipinski definition) is 1. The monoisotopic (exact) mass is 383 g/mol. The highest BCUT2D eigenvalue weighted by Gasteiger charge is 2.23. The van der Waals surface area contributed by atoms with Crippen LogP contribution in [0.4, 0.5) is 0 Å².